The first-order chi connectivity index (χ1) is 15.4. The van der Waals surface area contributed by atoms with E-state index in [9.17, 15) is 24.6 Å². The Hall–Kier alpha value is -2.25. The summed E-state index contributed by atoms with van der Waals surface area (Å²) in [4.78, 5) is 37.9. The van der Waals surface area contributed by atoms with Crippen molar-refractivity contribution in [2.45, 2.75) is 65.8 Å². The zero-order chi connectivity index (χ0) is 24.5. The Bertz CT molecular complexity index is 989. The molecule has 7 heteroatoms. The van der Waals surface area contributed by atoms with Crippen LogP contribution in [-0.4, -0.2) is 52.9 Å². The lowest BCUT2D eigenvalue weighted by atomic mass is 9.59. The number of ketones is 1. The molecule has 0 saturated heterocycles. The summed E-state index contributed by atoms with van der Waals surface area (Å²) in [7, 11) is 0. The summed E-state index contributed by atoms with van der Waals surface area (Å²) in [5.41, 5.74) is -2.46. The van der Waals surface area contributed by atoms with E-state index in [1.54, 1.807) is 39.0 Å². The SMILES string of the molecule is C/C=C(/C)C(=O)OC1C(C)=CC23C(=O)C(C=C(COC=O)C(O)C12O)[C@H]1C(CC3C)C1(C)C. The van der Waals surface area contributed by atoms with Gasteiger partial charge in [0, 0.05) is 11.5 Å². The van der Waals surface area contributed by atoms with Crippen LogP contribution in [0.3, 0.4) is 0 Å². The number of rotatable bonds is 5. The van der Waals surface area contributed by atoms with Gasteiger partial charge >= 0.3 is 5.97 Å². The number of hydrogen-bond donors (Lipinski definition) is 2. The first-order valence-corrected chi connectivity index (χ1v) is 11.6. The summed E-state index contributed by atoms with van der Waals surface area (Å²) in [6.07, 6.45) is 2.95. The fraction of sp³-hybridized carbons (Fsp3) is 0.654. The van der Waals surface area contributed by atoms with Crippen molar-refractivity contribution in [3.05, 3.63) is 34.9 Å². The Balaban J connectivity index is 1.91. The zero-order valence-corrected chi connectivity index (χ0v) is 20.1. The van der Waals surface area contributed by atoms with E-state index >= 15 is 0 Å². The molecule has 2 fully saturated rings. The molecule has 0 aromatic carbocycles. The molecular weight excluding hydrogens is 424 g/mol. The van der Waals surface area contributed by atoms with Gasteiger partial charge in [0.05, 0.1) is 5.41 Å². The minimum atomic E-state index is -2.12. The monoisotopic (exact) mass is 458 g/mol. The molecular formula is C26H34O7. The summed E-state index contributed by atoms with van der Waals surface area (Å²) >= 11 is 0. The molecule has 8 atom stereocenters. The van der Waals surface area contributed by atoms with Crippen LogP contribution in [-0.2, 0) is 23.9 Å². The van der Waals surface area contributed by atoms with Crippen molar-refractivity contribution < 1.29 is 34.1 Å². The number of carbonyl (C=O) groups is 3. The van der Waals surface area contributed by atoms with E-state index in [0.29, 0.717) is 17.6 Å². The van der Waals surface area contributed by atoms with Crippen LogP contribution in [0, 0.1) is 34.5 Å². The normalized spacial score (nSPS) is 43.3. The maximum Gasteiger partial charge on any atom is 0.334 e. The van der Waals surface area contributed by atoms with Crippen LogP contribution in [0.25, 0.3) is 0 Å². The number of carbonyl (C=O) groups excluding carboxylic acids is 3. The molecule has 0 radical (unpaired) electrons. The molecule has 0 aromatic heterocycles. The number of aliphatic hydroxyl groups excluding tert-OH is 1. The number of esters is 1. The smallest absolute Gasteiger partial charge is 0.334 e. The molecule has 4 aliphatic rings. The Morgan fingerprint density at radius 1 is 1.33 bits per heavy atom. The Morgan fingerprint density at radius 3 is 2.61 bits per heavy atom. The first kappa shape index (κ1) is 23.9. The fourth-order valence-electron chi connectivity index (χ4n) is 7.03. The second-order valence-electron chi connectivity index (χ2n) is 10.9. The molecule has 4 aliphatic carbocycles. The molecule has 2 N–H and O–H groups in total. The fourth-order valence-corrected chi connectivity index (χ4v) is 7.03. The predicted octanol–water partition coefficient (Wildman–Crippen LogP) is 2.51. The number of hydrogen-bond acceptors (Lipinski definition) is 7. The second-order valence-corrected chi connectivity index (χ2v) is 10.9. The molecule has 0 aliphatic heterocycles. The van der Waals surface area contributed by atoms with Crippen LogP contribution in [0.15, 0.2) is 34.9 Å². The van der Waals surface area contributed by atoms with Gasteiger partial charge in [0.1, 0.15) is 12.7 Å². The van der Waals surface area contributed by atoms with E-state index in [1.807, 2.05) is 6.92 Å². The summed E-state index contributed by atoms with van der Waals surface area (Å²) in [5, 5.41) is 24.0. The number of fused-ring (bicyclic) bond motifs is 3. The lowest BCUT2D eigenvalue weighted by molar-refractivity contribution is -0.201. The molecule has 33 heavy (non-hydrogen) atoms. The predicted molar refractivity (Wildman–Crippen MR) is 120 cm³/mol. The quantitative estimate of drug-likeness (QED) is 0.282. The average molecular weight is 459 g/mol. The Morgan fingerprint density at radius 2 is 2.00 bits per heavy atom. The third-order valence-corrected chi connectivity index (χ3v) is 9.01. The second kappa shape index (κ2) is 7.64. The average Bonchev–Trinajstić information content (AvgIpc) is 3.26. The molecule has 2 saturated carbocycles. The van der Waals surface area contributed by atoms with Crippen molar-refractivity contribution in [2.75, 3.05) is 6.61 Å². The zero-order valence-electron chi connectivity index (χ0n) is 20.1. The molecule has 7 nitrogen and oxygen atoms in total. The molecule has 7 unspecified atom stereocenters. The van der Waals surface area contributed by atoms with Gasteiger partial charge in [0.2, 0.25) is 0 Å². The number of allylic oxidation sites excluding steroid dienone is 2. The van der Waals surface area contributed by atoms with Crippen molar-refractivity contribution in [2.24, 2.45) is 34.5 Å². The molecule has 0 aromatic rings. The Kier molecular flexibility index (Phi) is 5.53. The van der Waals surface area contributed by atoms with E-state index in [1.165, 1.54) is 0 Å². The van der Waals surface area contributed by atoms with Gasteiger partial charge in [-0.15, -0.1) is 0 Å². The summed E-state index contributed by atoms with van der Waals surface area (Å²) in [5.74, 6) is -1.29. The van der Waals surface area contributed by atoms with Crippen LogP contribution >= 0.6 is 0 Å². The number of Topliss-reactive ketones (excluding diaryl/α,β-unsaturated/α-hetero) is 1. The van der Waals surface area contributed by atoms with Crippen LogP contribution in [0.5, 0.6) is 0 Å². The summed E-state index contributed by atoms with van der Waals surface area (Å²) < 4.78 is 10.7. The van der Waals surface area contributed by atoms with Gasteiger partial charge in [-0.25, -0.2) is 4.79 Å². The van der Waals surface area contributed by atoms with Gasteiger partial charge in [-0.2, -0.15) is 0 Å². The molecule has 0 heterocycles. The largest absolute Gasteiger partial charge is 0.463 e. The molecule has 1 spiro atoms. The highest BCUT2D eigenvalue weighted by atomic mass is 16.6. The lowest BCUT2D eigenvalue weighted by Gasteiger charge is -2.48. The van der Waals surface area contributed by atoms with Gasteiger partial charge in [-0.1, -0.05) is 39.0 Å². The van der Waals surface area contributed by atoms with Gasteiger partial charge in [0.15, 0.2) is 17.5 Å². The van der Waals surface area contributed by atoms with Crippen molar-refractivity contribution in [1.82, 2.24) is 0 Å². The first-order valence-electron chi connectivity index (χ1n) is 11.6. The van der Waals surface area contributed by atoms with E-state index in [-0.39, 0.29) is 47.6 Å². The van der Waals surface area contributed by atoms with Crippen LogP contribution in [0.4, 0.5) is 0 Å². The van der Waals surface area contributed by atoms with E-state index in [2.05, 4.69) is 13.8 Å². The number of ether oxygens (including phenoxy) is 2. The van der Waals surface area contributed by atoms with Gasteiger partial charge in [-0.3, -0.25) is 9.59 Å². The lowest BCUT2D eigenvalue weighted by Crippen LogP contribution is -2.65. The highest BCUT2D eigenvalue weighted by Gasteiger charge is 2.76. The summed E-state index contributed by atoms with van der Waals surface area (Å²) in [6, 6.07) is 0. The molecule has 4 rings (SSSR count). The third-order valence-electron chi connectivity index (χ3n) is 9.01. The minimum Gasteiger partial charge on any atom is -0.463 e. The van der Waals surface area contributed by atoms with Crippen LogP contribution < -0.4 is 0 Å². The maximum absolute atomic E-state index is 14.3. The number of aliphatic hydroxyl groups is 2. The highest BCUT2D eigenvalue weighted by molar-refractivity contribution is 5.96. The van der Waals surface area contributed by atoms with Crippen molar-refractivity contribution in [1.29, 1.82) is 0 Å². The minimum absolute atomic E-state index is 0.0526. The topological polar surface area (TPSA) is 110 Å². The van der Waals surface area contributed by atoms with Gasteiger partial charge < -0.3 is 19.7 Å². The molecule has 0 amide bonds. The third kappa shape index (κ3) is 2.98. The maximum atomic E-state index is 14.3. The standard InChI is InChI=1S/C26H34O7/c1-7-13(2)23(30)33-22-14(3)10-25-15(4)8-18-19(24(18,5)6)17(21(25)29)9-16(11-32-12-27)20(28)26(22,25)31/h7,9-10,12,15,17-20,22,28,31H,8,11H2,1-6H3/b13-7-/t15?,17?,18?,19-,20?,22?,25?,26?/m0/s1. The summed E-state index contributed by atoms with van der Waals surface area (Å²) in [6.45, 7) is 11.3. The van der Waals surface area contributed by atoms with E-state index in [4.69, 9.17) is 9.47 Å². The van der Waals surface area contributed by atoms with Crippen molar-refractivity contribution in [3.8, 4) is 0 Å². The van der Waals surface area contributed by atoms with Crippen LogP contribution in [0.2, 0.25) is 0 Å². The highest BCUT2D eigenvalue weighted by Crippen LogP contribution is 2.71. The van der Waals surface area contributed by atoms with Gasteiger partial charge in [0.25, 0.3) is 6.47 Å². The van der Waals surface area contributed by atoms with Crippen molar-refractivity contribution >= 4 is 18.2 Å². The molecule has 2 bridgehead atoms. The van der Waals surface area contributed by atoms with Crippen LogP contribution in [0.1, 0.15) is 48.0 Å². The van der Waals surface area contributed by atoms with E-state index in [0.717, 1.165) is 0 Å². The van der Waals surface area contributed by atoms with Crippen molar-refractivity contribution in [3.63, 3.8) is 0 Å². The van der Waals surface area contributed by atoms with E-state index < -0.39 is 35.1 Å². The Labute approximate surface area is 194 Å². The molecule has 180 valence electrons. The van der Waals surface area contributed by atoms with Gasteiger partial charge in [-0.05, 0) is 61.5 Å².